The number of benzene rings is 2. The number of amides is 1. The first-order valence-electron chi connectivity index (χ1n) is 7.45. The first-order valence-corrected chi connectivity index (χ1v) is 8.24. The maximum atomic E-state index is 12.5. The van der Waals surface area contributed by atoms with Gasteiger partial charge in [-0.2, -0.15) is 0 Å². The Morgan fingerprint density at radius 2 is 1.71 bits per heavy atom. The zero-order chi connectivity index (χ0) is 16.9. The molecule has 1 amide bonds. The van der Waals surface area contributed by atoms with Crippen LogP contribution in [0.5, 0.6) is 0 Å². The van der Waals surface area contributed by atoms with Crippen molar-refractivity contribution in [2.24, 2.45) is 0 Å². The fourth-order valence-electron chi connectivity index (χ4n) is 2.29. The molecular weight excluding hydrogens is 366 g/mol. The van der Waals surface area contributed by atoms with E-state index in [0.717, 1.165) is 21.5 Å². The maximum Gasteiger partial charge on any atom is 0.257 e. The molecule has 0 aliphatic heterocycles. The summed E-state index contributed by atoms with van der Waals surface area (Å²) >= 11 is 3.43. The number of carbonyl (C=O) groups excluding carboxylic acids is 1. The number of nitrogens with zero attached hydrogens (tertiary/aromatic N) is 2. The van der Waals surface area contributed by atoms with Gasteiger partial charge in [-0.25, -0.2) is 0 Å². The van der Waals surface area contributed by atoms with Crippen molar-refractivity contribution in [3.05, 3.63) is 83.1 Å². The molecule has 1 aromatic heterocycles. The van der Waals surface area contributed by atoms with Crippen LogP contribution in [0.4, 0.5) is 17.1 Å². The largest absolute Gasteiger partial charge is 0.343 e. The van der Waals surface area contributed by atoms with Crippen LogP contribution in [0.25, 0.3) is 0 Å². The molecule has 0 unspecified atom stereocenters. The minimum Gasteiger partial charge on any atom is -0.343 e. The molecular formula is C19H16BrN3O. The van der Waals surface area contributed by atoms with Crippen LogP contribution in [-0.2, 0) is 0 Å². The van der Waals surface area contributed by atoms with Gasteiger partial charge in [0.15, 0.2) is 0 Å². The SMILES string of the molecule is CN(c1ccccc1)c1cncc(C(=O)Nc2ccccc2Br)c1. The number of para-hydroxylation sites is 2. The first-order chi connectivity index (χ1) is 11.6. The van der Waals surface area contributed by atoms with Crippen LogP contribution in [0.2, 0.25) is 0 Å². The van der Waals surface area contributed by atoms with Crippen molar-refractivity contribution in [1.29, 1.82) is 0 Å². The number of hydrogen-bond acceptors (Lipinski definition) is 3. The number of aromatic nitrogens is 1. The van der Waals surface area contributed by atoms with E-state index in [-0.39, 0.29) is 5.91 Å². The molecule has 0 fully saturated rings. The Labute approximate surface area is 149 Å². The van der Waals surface area contributed by atoms with E-state index in [1.165, 1.54) is 0 Å². The van der Waals surface area contributed by atoms with Crippen LogP contribution in [0.1, 0.15) is 10.4 Å². The summed E-state index contributed by atoms with van der Waals surface area (Å²) in [5.74, 6) is -0.197. The lowest BCUT2D eigenvalue weighted by atomic mass is 10.2. The molecule has 0 aliphatic rings. The Morgan fingerprint density at radius 1 is 1.00 bits per heavy atom. The molecule has 24 heavy (non-hydrogen) atoms. The van der Waals surface area contributed by atoms with Gasteiger partial charge in [-0.1, -0.05) is 30.3 Å². The van der Waals surface area contributed by atoms with Crippen molar-refractivity contribution in [2.75, 3.05) is 17.3 Å². The molecule has 2 aromatic carbocycles. The van der Waals surface area contributed by atoms with E-state index in [1.807, 2.05) is 72.6 Å². The lowest BCUT2D eigenvalue weighted by Crippen LogP contribution is -2.15. The van der Waals surface area contributed by atoms with Crippen molar-refractivity contribution >= 4 is 38.9 Å². The molecule has 3 aromatic rings. The molecule has 5 heteroatoms. The number of pyridine rings is 1. The van der Waals surface area contributed by atoms with Crippen LogP contribution in [0.15, 0.2) is 77.5 Å². The van der Waals surface area contributed by atoms with E-state index < -0.39 is 0 Å². The molecule has 0 saturated carbocycles. The molecule has 1 heterocycles. The lowest BCUT2D eigenvalue weighted by molar-refractivity contribution is 0.102. The number of anilines is 3. The van der Waals surface area contributed by atoms with Gasteiger partial charge in [0.1, 0.15) is 0 Å². The molecule has 3 rings (SSSR count). The van der Waals surface area contributed by atoms with Crippen molar-refractivity contribution in [3.8, 4) is 0 Å². The van der Waals surface area contributed by atoms with E-state index in [1.54, 1.807) is 12.4 Å². The number of halogens is 1. The minimum absolute atomic E-state index is 0.197. The fraction of sp³-hybridized carbons (Fsp3) is 0.0526. The summed E-state index contributed by atoms with van der Waals surface area (Å²) in [4.78, 5) is 18.7. The average Bonchev–Trinajstić information content (AvgIpc) is 2.64. The Kier molecular flexibility index (Phi) is 4.91. The average molecular weight is 382 g/mol. The topological polar surface area (TPSA) is 45.2 Å². The number of nitrogens with one attached hydrogen (secondary N) is 1. The van der Waals surface area contributed by atoms with Crippen molar-refractivity contribution in [1.82, 2.24) is 4.98 Å². The van der Waals surface area contributed by atoms with Crippen molar-refractivity contribution in [3.63, 3.8) is 0 Å². The molecule has 1 N–H and O–H groups in total. The van der Waals surface area contributed by atoms with Crippen LogP contribution in [0, 0.1) is 0 Å². The minimum atomic E-state index is -0.197. The standard InChI is InChI=1S/C19H16BrN3O/c1-23(15-7-3-2-4-8-15)16-11-14(12-21-13-16)19(24)22-18-10-6-5-9-17(18)20/h2-13H,1H3,(H,22,24). The van der Waals surface area contributed by atoms with E-state index in [2.05, 4.69) is 26.2 Å². The summed E-state index contributed by atoms with van der Waals surface area (Å²) < 4.78 is 0.837. The summed E-state index contributed by atoms with van der Waals surface area (Å²) in [7, 11) is 1.95. The summed E-state index contributed by atoms with van der Waals surface area (Å²) in [5.41, 5.74) is 3.11. The fourth-order valence-corrected chi connectivity index (χ4v) is 2.68. The summed E-state index contributed by atoms with van der Waals surface area (Å²) in [6, 6.07) is 19.3. The molecule has 4 nitrogen and oxygen atoms in total. The van der Waals surface area contributed by atoms with Gasteiger partial charge >= 0.3 is 0 Å². The molecule has 0 aliphatic carbocycles. The summed E-state index contributed by atoms with van der Waals surface area (Å²) in [6.07, 6.45) is 3.30. The highest BCUT2D eigenvalue weighted by atomic mass is 79.9. The highest BCUT2D eigenvalue weighted by Crippen LogP contribution is 2.25. The monoisotopic (exact) mass is 381 g/mol. The van der Waals surface area contributed by atoms with Gasteiger partial charge in [-0.3, -0.25) is 9.78 Å². The van der Waals surface area contributed by atoms with Gasteiger partial charge in [-0.15, -0.1) is 0 Å². The van der Waals surface area contributed by atoms with E-state index in [0.29, 0.717) is 5.56 Å². The first kappa shape index (κ1) is 16.2. The van der Waals surface area contributed by atoms with Crippen molar-refractivity contribution < 1.29 is 4.79 Å². The number of hydrogen-bond donors (Lipinski definition) is 1. The van der Waals surface area contributed by atoms with Gasteiger partial charge < -0.3 is 10.2 Å². The van der Waals surface area contributed by atoms with E-state index in [4.69, 9.17) is 0 Å². The molecule has 0 radical (unpaired) electrons. The third-order valence-corrected chi connectivity index (χ3v) is 4.33. The second-order valence-electron chi connectivity index (χ2n) is 5.26. The highest BCUT2D eigenvalue weighted by molar-refractivity contribution is 9.10. The van der Waals surface area contributed by atoms with Gasteiger partial charge in [0.05, 0.1) is 23.1 Å². The van der Waals surface area contributed by atoms with E-state index >= 15 is 0 Å². The van der Waals surface area contributed by atoms with Crippen LogP contribution in [-0.4, -0.2) is 17.9 Å². The zero-order valence-corrected chi connectivity index (χ0v) is 14.7. The Balaban J connectivity index is 1.83. The normalized spacial score (nSPS) is 10.2. The molecule has 0 saturated heterocycles. The van der Waals surface area contributed by atoms with Gasteiger partial charge in [-0.05, 0) is 46.3 Å². The molecule has 120 valence electrons. The smallest absolute Gasteiger partial charge is 0.257 e. The van der Waals surface area contributed by atoms with Crippen LogP contribution < -0.4 is 10.2 Å². The third kappa shape index (κ3) is 3.63. The van der Waals surface area contributed by atoms with Crippen molar-refractivity contribution in [2.45, 2.75) is 0 Å². The summed E-state index contributed by atoms with van der Waals surface area (Å²) in [6.45, 7) is 0. The molecule has 0 spiro atoms. The molecule has 0 bridgehead atoms. The third-order valence-electron chi connectivity index (χ3n) is 3.64. The van der Waals surface area contributed by atoms with Gasteiger partial charge in [0, 0.05) is 23.4 Å². The predicted molar refractivity (Wildman–Crippen MR) is 101 cm³/mol. The molecule has 0 atom stereocenters. The zero-order valence-electron chi connectivity index (χ0n) is 13.1. The van der Waals surface area contributed by atoms with Gasteiger partial charge in [0.2, 0.25) is 0 Å². The highest BCUT2D eigenvalue weighted by Gasteiger charge is 2.11. The van der Waals surface area contributed by atoms with E-state index in [9.17, 15) is 4.79 Å². The van der Waals surface area contributed by atoms with Gasteiger partial charge in [0.25, 0.3) is 5.91 Å². The van der Waals surface area contributed by atoms with Crippen LogP contribution >= 0.6 is 15.9 Å². The summed E-state index contributed by atoms with van der Waals surface area (Å²) in [5, 5.41) is 2.89. The number of rotatable bonds is 4. The Morgan fingerprint density at radius 3 is 2.46 bits per heavy atom. The number of carbonyl (C=O) groups is 1. The predicted octanol–water partition coefficient (Wildman–Crippen LogP) is 4.86. The quantitative estimate of drug-likeness (QED) is 0.701. The Hall–Kier alpha value is -2.66. The Bertz CT molecular complexity index is 852. The van der Waals surface area contributed by atoms with Crippen LogP contribution in [0.3, 0.4) is 0 Å². The second kappa shape index (κ2) is 7.27. The maximum absolute atomic E-state index is 12.5. The second-order valence-corrected chi connectivity index (χ2v) is 6.11. The lowest BCUT2D eigenvalue weighted by Gasteiger charge is -2.19.